The molecule has 0 spiro atoms. The van der Waals surface area contributed by atoms with Gasteiger partial charge in [0.05, 0.1) is 30.8 Å². The fourth-order valence-corrected chi connectivity index (χ4v) is 4.26. The van der Waals surface area contributed by atoms with Crippen LogP contribution in [0, 0.1) is 0 Å². The number of carbonyl (C=O) groups is 1. The van der Waals surface area contributed by atoms with E-state index in [1.54, 1.807) is 29.2 Å². The monoisotopic (exact) mass is 496 g/mol. The summed E-state index contributed by atoms with van der Waals surface area (Å²) in [5, 5.41) is 7.36. The normalized spacial score (nSPS) is 16.4. The van der Waals surface area contributed by atoms with E-state index in [4.69, 9.17) is 9.47 Å². The number of hydrogen-bond donors (Lipinski definition) is 1. The second kappa shape index (κ2) is 13.2. The molecule has 196 valence electrons. The first-order chi connectivity index (χ1) is 17.6. The van der Waals surface area contributed by atoms with Gasteiger partial charge in [-0.05, 0) is 32.6 Å². The van der Waals surface area contributed by atoms with Crippen LogP contribution < -0.4 is 15.0 Å². The highest BCUT2D eigenvalue weighted by Crippen LogP contribution is 2.39. The van der Waals surface area contributed by atoms with Gasteiger partial charge in [0.2, 0.25) is 0 Å². The third kappa shape index (κ3) is 6.33. The van der Waals surface area contributed by atoms with Gasteiger partial charge in [-0.3, -0.25) is 4.79 Å². The quantitative estimate of drug-likeness (QED) is 0.549. The van der Waals surface area contributed by atoms with Crippen LogP contribution in [0.2, 0.25) is 0 Å². The molecule has 1 fully saturated rings. The van der Waals surface area contributed by atoms with Crippen molar-refractivity contribution in [3.8, 4) is 5.75 Å². The molecule has 1 saturated heterocycles. The van der Waals surface area contributed by atoms with E-state index in [2.05, 4.69) is 51.4 Å². The molecular weight excluding hydrogens is 456 g/mol. The SMILES string of the molecule is CC.CC.CN(C)CCC1Cc2cc(NC(=O)c3cnn4cccnc34)c(N3CCOCC3)cc2O1. The Balaban J connectivity index is 0.000000861. The molecule has 1 N–H and O–H groups in total. The molecule has 0 saturated carbocycles. The minimum atomic E-state index is -0.226. The van der Waals surface area contributed by atoms with Crippen molar-refractivity contribution in [2.75, 3.05) is 57.2 Å². The fraction of sp³-hybridized carbons (Fsp3) is 0.519. The number of carbonyl (C=O) groups excluding carboxylic acids is 1. The lowest BCUT2D eigenvalue weighted by molar-refractivity contribution is 0.102. The molecule has 4 heterocycles. The van der Waals surface area contributed by atoms with E-state index in [1.807, 2.05) is 27.7 Å². The van der Waals surface area contributed by atoms with Crippen LogP contribution in [-0.2, 0) is 11.2 Å². The molecule has 9 nitrogen and oxygen atoms in total. The van der Waals surface area contributed by atoms with Gasteiger partial charge in [0.1, 0.15) is 17.4 Å². The van der Waals surface area contributed by atoms with Crippen LogP contribution in [0.25, 0.3) is 5.65 Å². The molecule has 1 aromatic carbocycles. The van der Waals surface area contributed by atoms with Gasteiger partial charge >= 0.3 is 0 Å². The van der Waals surface area contributed by atoms with Crippen LogP contribution in [0.3, 0.4) is 0 Å². The van der Waals surface area contributed by atoms with E-state index >= 15 is 0 Å². The van der Waals surface area contributed by atoms with Crippen LogP contribution in [0.15, 0.2) is 36.8 Å². The Kier molecular flexibility index (Phi) is 10.1. The molecule has 9 heteroatoms. The maximum atomic E-state index is 13.2. The molecule has 1 amide bonds. The topological polar surface area (TPSA) is 84.2 Å². The van der Waals surface area contributed by atoms with Gasteiger partial charge in [0.25, 0.3) is 5.91 Å². The lowest BCUT2D eigenvalue weighted by atomic mass is 10.1. The second-order valence-corrected chi connectivity index (χ2v) is 8.51. The average Bonchev–Trinajstić information content (AvgIpc) is 3.53. The van der Waals surface area contributed by atoms with E-state index in [0.717, 1.165) is 55.2 Å². The van der Waals surface area contributed by atoms with E-state index in [1.165, 1.54) is 0 Å². The first-order valence-corrected chi connectivity index (χ1v) is 13.0. The van der Waals surface area contributed by atoms with Crippen LogP contribution in [0.1, 0.15) is 50.0 Å². The Hall–Kier alpha value is -3.17. The lowest BCUT2D eigenvalue weighted by Gasteiger charge is -2.31. The van der Waals surface area contributed by atoms with Gasteiger partial charge < -0.3 is 24.6 Å². The summed E-state index contributed by atoms with van der Waals surface area (Å²) in [5.41, 5.74) is 3.84. The maximum Gasteiger partial charge on any atom is 0.261 e. The Labute approximate surface area is 214 Å². The van der Waals surface area contributed by atoms with Crippen LogP contribution in [-0.4, -0.2) is 78.5 Å². The number of amides is 1. The molecule has 0 aliphatic carbocycles. The first-order valence-electron chi connectivity index (χ1n) is 13.0. The molecule has 3 aromatic rings. The predicted molar refractivity (Wildman–Crippen MR) is 144 cm³/mol. The van der Waals surface area contributed by atoms with Crippen molar-refractivity contribution in [3.63, 3.8) is 0 Å². The smallest absolute Gasteiger partial charge is 0.261 e. The number of rotatable bonds is 6. The molecule has 1 unspecified atom stereocenters. The molecular formula is C27H40N6O3. The van der Waals surface area contributed by atoms with Crippen molar-refractivity contribution in [2.45, 2.75) is 46.6 Å². The Morgan fingerprint density at radius 2 is 1.92 bits per heavy atom. The van der Waals surface area contributed by atoms with Gasteiger partial charge in [-0.2, -0.15) is 5.10 Å². The van der Waals surface area contributed by atoms with E-state index in [9.17, 15) is 4.79 Å². The number of anilines is 2. The van der Waals surface area contributed by atoms with Gasteiger partial charge in [0, 0.05) is 50.1 Å². The summed E-state index contributed by atoms with van der Waals surface area (Å²) in [4.78, 5) is 21.9. The molecule has 36 heavy (non-hydrogen) atoms. The number of nitrogens with one attached hydrogen (secondary N) is 1. The van der Waals surface area contributed by atoms with E-state index in [0.29, 0.717) is 24.4 Å². The van der Waals surface area contributed by atoms with Gasteiger partial charge in [-0.1, -0.05) is 27.7 Å². The summed E-state index contributed by atoms with van der Waals surface area (Å²) in [5.74, 6) is 0.683. The minimum absolute atomic E-state index is 0.153. The second-order valence-electron chi connectivity index (χ2n) is 8.51. The maximum absolute atomic E-state index is 13.2. The highest BCUT2D eigenvalue weighted by atomic mass is 16.5. The van der Waals surface area contributed by atoms with Crippen molar-refractivity contribution in [3.05, 3.63) is 47.9 Å². The summed E-state index contributed by atoms with van der Waals surface area (Å²) in [7, 11) is 4.14. The van der Waals surface area contributed by atoms with Crippen molar-refractivity contribution >= 4 is 22.9 Å². The van der Waals surface area contributed by atoms with Crippen molar-refractivity contribution in [1.82, 2.24) is 19.5 Å². The zero-order valence-electron chi connectivity index (χ0n) is 22.5. The third-order valence-electron chi connectivity index (χ3n) is 5.94. The Morgan fingerprint density at radius 1 is 1.17 bits per heavy atom. The molecule has 2 aromatic heterocycles. The molecule has 1 atom stereocenters. The van der Waals surface area contributed by atoms with Gasteiger partial charge in [-0.15, -0.1) is 0 Å². The predicted octanol–water partition coefficient (Wildman–Crippen LogP) is 4.13. The van der Waals surface area contributed by atoms with Crippen molar-refractivity contribution in [2.24, 2.45) is 0 Å². The Morgan fingerprint density at radius 3 is 2.64 bits per heavy atom. The zero-order valence-corrected chi connectivity index (χ0v) is 22.5. The van der Waals surface area contributed by atoms with E-state index in [-0.39, 0.29) is 12.0 Å². The Bertz CT molecular complexity index is 1120. The minimum Gasteiger partial charge on any atom is -0.490 e. The summed E-state index contributed by atoms with van der Waals surface area (Å²) < 4.78 is 13.4. The first kappa shape index (κ1) is 27.4. The van der Waals surface area contributed by atoms with Crippen LogP contribution >= 0.6 is 0 Å². The molecule has 0 radical (unpaired) electrons. The number of fused-ring (bicyclic) bond motifs is 2. The number of nitrogens with zero attached hydrogens (tertiary/aromatic N) is 5. The number of benzene rings is 1. The zero-order chi connectivity index (χ0) is 26.1. The van der Waals surface area contributed by atoms with Gasteiger partial charge in [-0.25, -0.2) is 9.50 Å². The third-order valence-corrected chi connectivity index (χ3v) is 5.94. The summed E-state index contributed by atoms with van der Waals surface area (Å²) in [6.07, 6.45) is 6.95. The summed E-state index contributed by atoms with van der Waals surface area (Å²) in [6, 6.07) is 5.92. The van der Waals surface area contributed by atoms with Gasteiger partial charge in [0.15, 0.2) is 5.65 Å². The molecule has 5 rings (SSSR count). The van der Waals surface area contributed by atoms with Crippen molar-refractivity contribution in [1.29, 1.82) is 0 Å². The van der Waals surface area contributed by atoms with Crippen molar-refractivity contribution < 1.29 is 14.3 Å². The molecule has 0 bridgehead atoms. The highest BCUT2D eigenvalue weighted by Gasteiger charge is 2.27. The molecule has 2 aliphatic rings. The number of ether oxygens (including phenoxy) is 2. The van der Waals surface area contributed by atoms with Crippen LogP contribution in [0.4, 0.5) is 11.4 Å². The molecule has 2 aliphatic heterocycles. The van der Waals surface area contributed by atoms with Crippen LogP contribution in [0.5, 0.6) is 5.75 Å². The number of aromatic nitrogens is 3. The number of morpholine rings is 1. The largest absolute Gasteiger partial charge is 0.490 e. The summed E-state index contributed by atoms with van der Waals surface area (Å²) in [6.45, 7) is 11.8. The standard InChI is InChI=1S/C23H28N6O3.2C2H6/c1-27(2)7-4-17-12-16-13-19(20(14-21(16)32-17)28-8-10-31-11-9-28)26-23(30)18-15-25-29-6-3-5-24-22(18)29;2*1-2/h3,5-6,13-15,17H,4,7-12H2,1-2H3,(H,26,30);2*1-2H3. The highest BCUT2D eigenvalue weighted by molar-refractivity contribution is 6.09. The average molecular weight is 497 g/mol. The fourth-order valence-electron chi connectivity index (χ4n) is 4.26. The lowest BCUT2D eigenvalue weighted by Crippen LogP contribution is -2.36. The van der Waals surface area contributed by atoms with E-state index < -0.39 is 0 Å². The summed E-state index contributed by atoms with van der Waals surface area (Å²) >= 11 is 0. The number of hydrogen-bond acceptors (Lipinski definition) is 7.